The molecule has 126 valence electrons. The summed E-state index contributed by atoms with van der Waals surface area (Å²) < 4.78 is 0. The predicted molar refractivity (Wildman–Crippen MR) is 107 cm³/mol. The van der Waals surface area contributed by atoms with Crippen LogP contribution in [0, 0.1) is 5.92 Å². The van der Waals surface area contributed by atoms with Crippen LogP contribution in [0.25, 0.3) is 6.08 Å². The van der Waals surface area contributed by atoms with Crippen LogP contribution in [0.3, 0.4) is 0 Å². The van der Waals surface area contributed by atoms with Gasteiger partial charge in [-0.1, -0.05) is 87.0 Å². The third-order valence-corrected chi connectivity index (χ3v) is 5.87. The van der Waals surface area contributed by atoms with Crippen molar-refractivity contribution in [2.24, 2.45) is 5.92 Å². The molecule has 0 spiro atoms. The first-order valence-electron chi connectivity index (χ1n) is 8.90. The van der Waals surface area contributed by atoms with Crippen molar-refractivity contribution in [2.75, 3.05) is 0 Å². The summed E-state index contributed by atoms with van der Waals surface area (Å²) in [6.45, 7) is 12.2. The van der Waals surface area contributed by atoms with Gasteiger partial charge in [0, 0.05) is 10.6 Å². The van der Waals surface area contributed by atoms with E-state index in [4.69, 9.17) is 0 Å². The van der Waals surface area contributed by atoms with E-state index in [0.717, 1.165) is 28.0 Å². The molecule has 1 heterocycles. The largest absolute Gasteiger partial charge is 0.350 e. The zero-order valence-corrected chi connectivity index (χ0v) is 15.3. The molecule has 0 radical (unpaired) electrons. The van der Waals surface area contributed by atoms with Crippen LogP contribution in [0.1, 0.15) is 49.7 Å². The van der Waals surface area contributed by atoms with Gasteiger partial charge in [0.05, 0.1) is 5.03 Å². The summed E-state index contributed by atoms with van der Waals surface area (Å²) in [5, 5.41) is 4.10. The summed E-state index contributed by atoms with van der Waals surface area (Å²) in [6, 6.07) is 8.80. The molecule has 3 rings (SSSR count). The Morgan fingerprint density at radius 1 is 1.17 bits per heavy atom. The smallest absolute Gasteiger partial charge is 0.0701 e. The van der Waals surface area contributed by atoms with Gasteiger partial charge in [-0.2, -0.15) is 0 Å². The van der Waals surface area contributed by atoms with E-state index in [1.165, 1.54) is 55.2 Å². The van der Waals surface area contributed by atoms with Crippen LogP contribution < -0.4 is 5.32 Å². The molecule has 0 unspecified atom stereocenters. The third-order valence-electron chi connectivity index (χ3n) is 4.93. The summed E-state index contributed by atoms with van der Waals surface area (Å²) in [5.74, 6) is 0.955. The molecule has 2 fully saturated rings. The van der Waals surface area contributed by atoms with E-state index in [1.807, 2.05) is 0 Å². The Hall–Kier alpha value is -1.67. The van der Waals surface area contributed by atoms with Crippen molar-refractivity contribution in [1.82, 2.24) is 5.32 Å². The lowest BCUT2D eigenvalue weighted by Crippen LogP contribution is -1.98. The Morgan fingerprint density at radius 2 is 1.88 bits per heavy atom. The fourth-order valence-electron chi connectivity index (χ4n) is 3.53. The van der Waals surface area contributed by atoms with Crippen molar-refractivity contribution < 1.29 is 0 Å². The van der Waals surface area contributed by atoms with E-state index in [-0.39, 0.29) is 0 Å². The highest BCUT2D eigenvalue weighted by Gasteiger charge is 2.15. The Kier molecular flexibility index (Phi) is 5.68. The first kappa shape index (κ1) is 17.2. The molecule has 1 saturated carbocycles. The van der Waals surface area contributed by atoms with E-state index >= 15 is 0 Å². The van der Waals surface area contributed by atoms with Gasteiger partial charge in [-0.3, -0.25) is 0 Å². The lowest BCUT2D eigenvalue weighted by molar-refractivity contribution is 0.501. The Labute approximate surface area is 150 Å². The molecule has 2 heteroatoms. The molecular formula is C22H27NS. The summed E-state index contributed by atoms with van der Waals surface area (Å²) in [5.41, 5.74) is 4.87. The third kappa shape index (κ3) is 4.67. The second-order valence-electron chi connectivity index (χ2n) is 6.99. The molecular weight excluding hydrogens is 310 g/mol. The number of hydrogen-bond donors (Lipinski definition) is 1. The van der Waals surface area contributed by atoms with Crippen LogP contribution >= 0.6 is 11.8 Å². The lowest BCUT2D eigenvalue weighted by atomic mass is 9.95. The average molecular weight is 338 g/mol. The molecule has 1 aliphatic carbocycles. The summed E-state index contributed by atoms with van der Waals surface area (Å²) in [4.78, 5) is 1.15. The van der Waals surface area contributed by atoms with Crippen molar-refractivity contribution in [3.8, 4) is 0 Å². The minimum absolute atomic E-state index is 0.939. The number of benzene rings is 1. The van der Waals surface area contributed by atoms with Crippen molar-refractivity contribution in [1.29, 1.82) is 0 Å². The fraction of sp³-hybridized carbons (Fsp3) is 0.364. The summed E-state index contributed by atoms with van der Waals surface area (Å²) in [7, 11) is 0. The van der Waals surface area contributed by atoms with Gasteiger partial charge in [0.1, 0.15) is 0 Å². The molecule has 2 aliphatic rings. The van der Waals surface area contributed by atoms with Crippen LogP contribution in [-0.2, 0) is 6.42 Å². The zero-order chi connectivity index (χ0) is 16.9. The second kappa shape index (κ2) is 7.94. The summed E-state index contributed by atoms with van der Waals surface area (Å²) in [6.07, 6.45) is 11.4. The van der Waals surface area contributed by atoms with E-state index in [9.17, 15) is 0 Å². The number of thioether (sulfide) groups is 1. The van der Waals surface area contributed by atoms with E-state index in [0.29, 0.717) is 0 Å². The Morgan fingerprint density at radius 3 is 2.50 bits per heavy atom. The number of nitrogens with one attached hydrogen (secondary N) is 1. The second-order valence-corrected chi connectivity index (χ2v) is 8.13. The van der Waals surface area contributed by atoms with Crippen molar-refractivity contribution in [3.05, 3.63) is 76.3 Å². The fourth-order valence-corrected chi connectivity index (χ4v) is 4.34. The van der Waals surface area contributed by atoms with Gasteiger partial charge in [0.25, 0.3) is 0 Å². The van der Waals surface area contributed by atoms with E-state index < -0.39 is 0 Å². The molecule has 1 saturated heterocycles. The number of allylic oxidation sites excluding steroid dienone is 1. The quantitative estimate of drug-likeness (QED) is 0.601. The van der Waals surface area contributed by atoms with Gasteiger partial charge in [0.2, 0.25) is 0 Å². The molecule has 1 aliphatic heterocycles. The van der Waals surface area contributed by atoms with Gasteiger partial charge in [-0.15, -0.1) is 0 Å². The molecule has 1 nitrogen and oxygen atoms in total. The van der Waals surface area contributed by atoms with Gasteiger partial charge in [0.15, 0.2) is 0 Å². The van der Waals surface area contributed by atoms with E-state index in [1.54, 1.807) is 11.8 Å². The maximum absolute atomic E-state index is 4.29. The first-order chi connectivity index (χ1) is 11.6. The van der Waals surface area contributed by atoms with Gasteiger partial charge >= 0.3 is 0 Å². The van der Waals surface area contributed by atoms with Crippen LogP contribution in [0.4, 0.5) is 0 Å². The minimum Gasteiger partial charge on any atom is -0.350 e. The Balaban J connectivity index is 1.52. The van der Waals surface area contributed by atoms with Crippen molar-refractivity contribution in [3.63, 3.8) is 0 Å². The molecule has 0 bridgehead atoms. The Bertz CT molecular complexity index is 660. The monoisotopic (exact) mass is 337 g/mol. The molecule has 1 aromatic rings. The van der Waals surface area contributed by atoms with Crippen LogP contribution in [-0.4, -0.2) is 0 Å². The maximum atomic E-state index is 4.29. The molecule has 0 aromatic heterocycles. The van der Waals surface area contributed by atoms with Crippen LogP contribution in [0.5, 0.6) is 0 Å². The molecule has 1 aromatic carbocycles. The lowest BCUT2D eigenvalue weighted by Gasteiger charge is -2.11. The SMILES string of the molecule is C=C(CCC1CCCC1)Cc1ccc(/C=C2\SC(=C)NC2=C)cc1. The number of rotatable bonds is 6. The first-order valence-corrected chi connectivity index (χ1v) is 9.72. The average Bonchev–Trinajstić information content (AvgIpc) is 3.17. The van der Waals surface area contributed by atoms with Gasteiger partial charge in [-0.25, -0.2) is 0 Å². The predicted octanol–water partition coefficient (Wildman–Crippen LogP) is 6.42. The molecule has 24 heavy (non-hydrogen) atoms. The normalized spacial score (nSPS) is 19.9. The van der Waals surface area contributed by atoms with Crippen molar-refractivity contribution >= 4 is 17.8 Å². The number of hydrogen-bond acceptors (Lipinski definition) is 2. The standard InChI is InChI=1S/C22H27NS/c1-16(8-9-19-6-4-5-7-19)14-20-10-12-21(13-11-20)15-22-17(2)23-18(3)24-22/h10-13,15,19,23H,1-9,14H2/b22-15-. The van der Waals surface area contributed by atoms with E-state index in [2.05, 4.69) is 55.4 Å². The van der Waals surface area contributed by atoms with Crippen molar-refractivity contribution in [2.45, 2.75) is 44.9 Å². The van der Waals surface area contributed by atoms with Gasteiger partial charge in [-0.05, 0) is 42.4 Å². The highest BCUT2D eigenvalue weighted by Crippen LogP contribution is 2.36. The van der Waals surface area contributed by atoms with Gasteiger partial charge < -0.3 is 5.32 Å². The highest BCUT2D eigenvalue weighted by molar-refractivity contribution is 8.07. The molecule has 1 N–H and O–H groups in total. The summed E-state index contributed by atoms with van der Waals surface area (Å²) >= 11 is 1.64. The maximum Gasteiger partial charge on any atom is 0.0701 e. The molecule has 0 atom stereocenters. The highest BCUT2D eigenvalue weighted by atomic mass is 32.2. The zero-order valence-electron chi connectivity index (χ0n) is 14.4. The van der Waals surface area contributed by atoms with Crippen LogP contribution in [0.15, 0.2) is 65.2 Å². The topological polar surface area (TPSA) is 12.0 Å². The molecule has 0 amide bonds. The van der Waals surface area contributed by atoms with Crippen LogP contribution in [0.2, 0.25) is 0 Å². The minimum atomic E-state index is 0.939.